The minimum Gasteiger partial charge on any atom is -0.254 e. The molecule has 0 aliphatic heterocycles. The molecule has 0 radical (unpaired) electrons. The van der Waals surface area contributed by atoms with Crippen LogP contribution in [0.15, 0.2) is 182 Å². The van der Waals surface area contributed by atoms with Gasteiger partial charge in [-0.15, -0.1) is 0 Å². The summed E-state index contributed by atoms with van der Waals surface area (Å²) < 4.78 is 0. The number of hydrogen-bond acceptors (Lipinski definition) is 2. The fraction of sp³-hybridized carbons (Fsp3) is 0. The van der Waals surface area contributed by atoms with Gasteiger partial charge in [-0.1, -0.05) is 127 Å². The molecular weight excluding hydrogens is 629 g/mol. The van der Waals surface area contributed by atoms with Gasteiger partial charge in [-0.2, -0.15) is 0 Å². The maximum absolute atomic E-state index is 4.86. The highest BCUT2D eigenvalue weighted by atomic mass is 14.7. The lowest BCUT2D eigenvalue weighted by atomic mass is 9.88. The Bertz CT molecular complexity index is 3250. The molecule has 52 heavy (non-hydrogen) atoms. The molecule has 0 saturated carbocycles. The van der Waals surface area contributed by atoms with E-state index in [0.29, 0.717) is 0 Å². The first-order valence-electron chi connectivity index (χ1n) is 17.8. The average Bonchev–Trinajstić information content (AvgIpc) is 3.22. The van der Waals surface area contributed by atoms with Crippen LogP contribution in [-0.2, 0) is 0 Å². The van der Waals surface area contributed by atoms with Crippen molar-refractivity contribution >= 4 is 75.7 Å². The minimum atomic E-state index is 0.938. The van der Waals surface area contributed by atoms with Crippen LogP contribution < -0.4 is 0 Å². The Labute approximate surface area is 300 Å². The number of hydrogen-bond donors (Lipinski definition) is 0. The van der Waals surface area contributed by atoms with Gasteiger partial charge in [0.15, 0.2) is 0 Å². The van der Waals surface area contributed by atoms with Crippen LogP contribution in [0.4, 0.5) is 0 Å². The summed E-state index contributed by atoms with van der Waals surface area (Å²) in [5.41, 5.74) is 9.06. The standard InChI is InChI=1S/C50H30N2/c1-2-7-34-26-41(19-11-31(34)6-1)46-29-40-8-3-4-10-44(40)48-45(46)22-21-32-12-14-39(28-47(32)48)37-16-15-36-25-38(18-17-35(36)24-37)43-27-42-20-13-33-9-5-23-51-49(33)50(42)52-30-43/h1-30H. The number of benzene rings is 9. The molecule has 0 amide bonds. The van der Waals surface area contributed by atoms with E-state index < -0.39 is 0 Å². The molecule has 0 saturated heterocycles. The summed E-state index contributed by atoms with van der Waals surface area (Å²) in [6.07, 6.45) is 3.81. The summed E-state index contributed by atoms with van der Waals surface area (Å²) in [4.78, 5) is 9.45. The lowest BCUT2D eigenvalue weighted by Gasteiger charge is -2.15. The van der Waals surface area contributed by atoms with Crippen LogP contribution in [0.5, 0.6) is 0 Å². The van der Waals surface area contributed by atoms with E-state index in [1.165, 1.54) is 76.1 Å². The van der Waals surface area contributed by atoms with E-state index in [1.807, 2.05) is 18.5 Å². The lowest BCUT2D eigenvalue weighted by molar-refractivity contribution is 1.37. The molecule has 11 rings (SSSR count). The van der Waals surface area contributed by atoms with E-state index in [2.05, 4.69) is 169 Å². The lowest BCUT2D eigenvalue weighted by Crippen LogP contribution is -1.88. The largest absolute Gasteiger partial charge is 0.254 e. The predicted octanol–water partition coefficient (Wildman–Crippen LogP) is 13.5. The van der Waals surface area contributed by atoms with E-state index in [-0.39, 0.29) is 0 Å². The quantitative estimate of drug-likeness (QED) is 0.177. The molecule has 0 atom stereocenters. The van der Waals surface area contributed by atoms with E-state index in [0.717, 1.165) is 32.9 Å². The number of nitrogens with zero attached hydrogens (tertiary/aromatic N) is 2. The Morgan fingerprint density at radius 1 is 0.288 bits per heavy atom. The first kappa shape index (κ1) is 28.9. The van der Waals surface area contributed by atoms with Gasteiger partial charge in [-0.05, 0) is 124 Å². The van der Waals surface area contributed by atoms with Gasteiger partial charge < -0.3 is 0 Å². The van der Waals surface area contributed by atoms with Crippen LogP contribution >= 0.6 is 0 Å². The van der Waals surface area contributed by atoms with Crippen molar-refractivity contribution in [3.63, 3.8) is 0 Å². The van der Waals surface area contributed by atoms with Gasteiger partial charge in [-0.3, -0.25) is 9.97 Å². The third kappa shape index (κ3) is 4.58. The van der Waals surface area contributed by atoms with E-state index in [9.17, 15) is 0 Å². The molecule has 2 heteroatoms. The summed E-state index contributed by atoms with van der Waals surface area (Å²) in [7, 11) is 0. The Balaban J connectivity index is 1.03. The van der Waals surface area contributed by atoms with Gasteiger partial charge in [0.1, 0.15) is 0 Å². The van der Waals surface area contributed by atoms with E-state index in [1.54, 1.807) is 0 Å². The van der Waals surface area contributed by atoms with Gasteiger partial charge >= 0.3 is 0 Å². The van der Waals surface area contributed by atoms with E-state index in [4.69, 9.17) is 4.98 Å². The summed E-state index contributed by atoms with van der Waals surface area (Å²) in [6, 6.07) is 62.2. The number of fused-ring (bicyclic) bond motifs is 10. The second kappa shape index (κ2) is 11.3. The predicted molar refractivity (Wildman–Crippen MR) is 221 cm³/mol. The SMILES string of the molecule is c1ccc2cc(-c3cc4ccccc4c4c3ccc3ccc(-c5ccc6cc(-c7cnc8c(ccc9cccnc98)c7)ccc6c5)cc34)ccc2c1. The number of pyridine rings is 2. The Hall–Kier alpha value is -6.90. The van der Waals surface area contributed by atoms with Crippen LogP contribution in [0, 0.1) is 0 Å². The van der Waals surface area contributed by atoms with Gasteiger partial charge in [0.2, 0.25) is 0 Å². The average molecular weight is 659 g/mol. The molecule has 240 valence electrons. The maximum Gasteiger partial charge on any atom is 0.0964 e. The highest BCUT2D eigenvalue weighted by molar-refractivity contribution is 6.24. The second-order valence-corrected chi connectivity index (χ2v) is 13.8. The highest BCUT2D eigenvalue weighted by Gasteiger charge is 2.14. The Morgan fingerprint density at radius 3 is 1.71 bits per heavy atom. The first-order valence-corrected chi connectivity index (χ1v) is 17.8. The molecule has 0 aliphatic rings. The van der Waals surface area contributed by atoms with Crippen molar-refractivity contribution in [3.05, 3.63) is 182 Å². The Morgan fingerprint density at radius 2 is 0.846 bits per heavy atom. The molecule has 2 nitrogen and oxygen atoms in total. The van der Waals surface area contributed by atoms with Crippen molar-refractivity contribution in [3.8, 4) is 33.4 Å². The van der Waals surface area contributed by atoms with Crippen molar-refractivity contribution in [1.82, 2.24) is 9.97 Å². The molecule has 0 N–H and O–H groups in total. The third-order valence-corrected chi connectivity index (χ3v) is 10.8. The summed E-state index contributed by atoms with van der Waals surface area (Å²) in [5, 5.41) is 14.8. The van der Waals surface area contributed by atoms with Crippen LogP contribution in [0.1, 0.15) is 0 Å². The van der Waals surface area contributed by atoms with Crippen LogP contribution in [-0.4, -0.2) is 9.97 Å². The number of aromatic nitrogens is 2. The molecular formula is C50H30N2. The molecule has 0 unspecified atom stereocenters. The zero-order chi connectivity index (χ0) is 34.2. The molecule has 9 aromatic carbocycles. The van der Waals surface area contributed by atoms with Crippen molar-refractivity contribution in [2.45, 2.75) is 0 Å². The van der Waals surface area contributed by atoms with Crippen LogP contribution in [0.25, 0.3) is 109 Å². The molecule has 2 aromatic heterocycles. The van der Waals surface area contributed by atoms with Crippen molar-refractivity contribution in [2.24, 2.45) is 0 Å². The number of rotatable bonds is 3. The first-order chi connectivity index (χ1) is 25.7. The van der Waals surface area contributed by atoms with Gasteiger partial charge in [0, 0.05) is 28.7 Å². The van der Waals surface area contributed by atoms with E-state index >= 15 is 0 Å². The molecule has 2 heterocycles. The maximum atomic E-state index is 4.86. The van der Waals surface area contributed by atoms with Gasteiger partial charge in [-0.25, -0.2) is 0 Å². The Kier molecular flexibility index (Phi) is 6.28. The summed E-state index contributed by atoms with van der Waals surface area (Å²) in [6.45, 7) is 0. The summed E-state index contributed by atoms with van der Waals surface area (Å²) in [5.74, 6) is 0. The minimum absolute atomic E-state index is 0.938. The molecule has 0 spiro atoms. The summed E-state index contributed by atoms with van der Waals surface area (Å²) >= 11 is 0. The fourth-order valence-electron chi connectivity index (χ4n) is 8.19. The van der Waals surface area contributed by atoms with Crippen molar-refractivity contribution in [2.75, 3.05) is 0 Å². The molecule has 0 bridgehead atoms. The third-order valence-electron chi connectivity index (χ3n) is 10.8. The topological polar surface area (TPSA) is 25.8 Å². The highest BCUT2D eigenvalue weighted by Crippen LogP contribution is 2.41. The van der Waals surface area contributed by atoms with Gasteiger partial charge in [0.05, 0.1) is 11.0 Å². The smallest absolute Gasteiger partial charge is 0.0964 e. The second-order valence-electron chi connectivity index (χ2n) is 13.8. The molecule has 11 aromatic rings. The van der Waals surface area contributed by atoms with Crippen molar-refractivity contribution in [1.29, 1.82) is 0 Å². The van der Waals surface area contributed by atoms with Crippen molar-refractivity contribution < 1.29 is 0 Å². The zero-order valence-corrected chi connectivity index (χ0v) is 28.2. The normalized spacial score (nSPS) is 11.8. The van der Waals surface area contributed by atoms with Gasteiger partial charge in [0.25, 0.3) is 0 Å². The fourth-order valence-corrected chi connectivity index (χ4v) is 8.19. The van der Waals surface area contributed by atoms with Crippen LogP contribution in [0.2, 0.25) is 0 Å². The monoisotopic (exact) mass is 658 g/mol. The molecule has 0 aliphatic carbocycles. The van der Waals surface area contributed by atoms with Crippen LogP contribution in [0.3, 0.4) is 0 Å². The zero-order valence-electron chi connectivity index (χ0n) is 28.2. The molecule has 0 fully saturated rings.